The third kappa shape index (κ3) is 1.82. The molecule has 0 bridgehead atoms. The first-order chi connectivity index (χ1) is 9.10. The van der Waals surface area contributed by atoms with Crippen molar-refractivity contribution in [1.29, 1.82) is 0 Å². The summed E-state index contributed by atoms with van der Waals surface area (Å²) in [5.41, 5.74) is 2.09. The number of hydrogen-bond donors (Lipinski definition) is 2. The predicted octanol–water partition coefficient (Wildman–Crippen LogP) is 2.10. The molecule has 3 rings (SSSR count). The molecule has 1 aromatic carbocycles. The number of fused-ring (bicyclic) bond motifs is 1. The zero-order chi connectivity index (χ0) is 13.6. The molecule has 0 aromatic heterocycles. The standard InChI is InChI=1S/C15H20O4/c1-3-9-5-12-13(10(4-2)14(9)17)11(16)6-15(19-12)7-18-8-15/h5,11,16-17H,3-4,6-8H2,1-2H3. The molecule has 1 unspecified atom stereocenters. The Morgan fingerprint density at radius 2 is 2.05 bits per heavy atom. The monoisotopic (exact) mass is 264 g/mol. The van der Waals surface area contributed by atoms with E-state index in [2.05, 4.69) is 0 Å². The number of ether oxygens (including phenoxy) is 2. The quantitative estimate of drug-likeness (QED) is 0.859. The molecule has 0 amide bonds. The van der Waals surface area contributed by atoms with E-state index >= 15 is 0 Å². The molecule has 0 saturated carbocycles. The summed E-state index contributed by atoms with van der Waals surface area (Å²) in [4.78, 5) is 0. The Morgan fingerprint density at radius 1 is 1.32 bits per heavy atom. The summed E-state index contributed by atoms with van der Waals surface area (Å²) in [6.45, 7) is 5.06. The van der Waals surface area contributed by atoms with Crippen LogP contribution in [0.1, 0.15) is 43.1 Å². The van der Waals surface area contributed by atoms with E-state index in [0.29, 0.717) is 37.6 Å². The normalized spacial score (nSPS) is 23.6. The van der Waals surface area contributed by atoms with Crippen LogP contribution in [0, 0.1) is 0 Å². The van der Waals surface area contributed by atoms with Crippen molar-refractivity contribution < 1.29 is 19.7 Å². The van der Waals surface area contributed by atoms with Crippen LogP contribution in [0.4, 0.5) is 0 Å². The minimum atomic E-state index is -0.584. The third-order valence-electron chi connectivity index (χ3n) is 4.18. The number of rotatable bonds is 2. The zero-order valence-electron chi connectivity index (χ0n) is 11.4. The lowest BCUT2D eigenvalue weighted by atomic mass is 9.84. The fourth-order valence-electron chi connectivity index (χ4n) is 3.09. The van der Waals surface area contributed by atoms with Crippen molar-refractivity contribution in [2.45, 2.75) is 44.8 Å². The lowest BCUT2D eigenvalue weighted by Gasteiger charge is -2.46. The number of aryl methyl sites for hydroxylation is 1. The molecule has 1 saturated heterocycles. The average molecular weight is 264 g/mol. The topological polar surface area (TPSA) is 58.9 Å². The Bertz CT molecular complexity index is 505. The van der Waals surface area contributed by atoms with E-state index in [1.807, 2.05) is 19.9 Å². The number of aromatic hydroxyl groups is 1. The second-order valence-corrected chi connectivity index (χ2v) is 5.48. The lowest BCUT2D eigenvalue weighted by molar-refractivity contribution is -0.185. The molecule has 1 atom stereocenters. The van der Waals surface area contributed by atoms with Gasteiger partial charge in [-0.25, -0.2) is 0 Å². The van der Waals surface area contributed by atoms with E-state index in [1.165, 1.54) is 0 Å². The van der Waals surface area contributed by atoms with Gasteiger partial charge >= 0.3 is 0 Å². The van der Waals surface area contributed by atoms with Crippen molar-refractivity contribution in [3.05, 3.63) is 22.8 Å². The molecular formula is C15H20O4. The molecule has 19 heavy (non-hydrogen) atoms. The van der Waals surface area contributed by atoms with Crippen LogP contribution < -0.4 is 4.74 Å². The highest BCUT2D eigenvalue weighted by molar-refractivity contribution is 5.55. The highest BCUT2D eigenvalue weighted by Crippen LogP contribution is 2.47. The predicted molar refractivity (Wildman–Crippen MR) is 70.6 cm³/mol. The van der Waals surface area contributed by atoms with Crippen LogP contribution in [0.15, 0.2) is 6.07 Å². The SMILES string of the molecule is CCc1cc2c(c(CC)c1O)C(O)CC1(COC1)O2. The number of phenols is 1. The van der Waals surface area contributed by atoms with Gasteiger partial charge in [-0.15, -0.1) is 0 Å². The second kappa shape index (κ2) is 4.39. The Labute approximate surface area is 113 Å². The van der Waals surface area contributed by atoms with Crippen LogP contribution in [0.3, 0.4) is 0 Å². The van der Waals surface area contributed by atoms with Gasteiger partial charge in [0.15, 0.2) is 5.60 Å². The van der Waals surface area contributed by atoms with E-state index in [9.17, 15) is 10.2 Å². The van der Waals surface area contributed by atoms with Gasteiger partial charge < -0.3 is 19.7 Å². The third-order valence-corrected chi connectivity index (χ3v) is 4.18. The number of aliphatic hydroxyl groups is 1. The Morgan fingerprint density at radius 3 is 2.58 bits per heavy atom. The molecule has 1 spiro atoms. The van der Waals surface area contributed by atoms with Crippen molar-refractivity contribution in [2.24, 2.45) is 0 Å². The minimum Gasteiger partial charge on any atom is -0.507 e. The van der Waals surface area contributed by atoms with Crippen LogP contribution in [0.2, 0.25) is 0 Å². The van der Waals surface area contributed by atoms with Gasteiger partial charge in [0.1, 0.15) is 11.5 Å². The number of benzene rings is 1. The highest BCUT2D eigenvalue weighted by atomic mass is 16.6. The lowest BCUT2D eigenvalue weighted by Crippen LogP contribution is -2.57. The molecule has 2 aliphatic rings. The smallest absolute Gasteiger partial charge is 0.158 e. The summed E-state index contributed by atoms with van der Waals surface area (Å²) in [5.74, 6) is 1.03. The van der Waals surface area contributed by atoms with Gasteiger partial charge in [0.25, 0.3) is 0 Å². The zero-order valence-corrected chi connectivity index (χ0v) is 11.4. The molecule has 0 radical (unpaired) electrons. The van der Waals surface area contributed by atoms with Gasteiger partial charge in [-0.1, -0.05) is 13.8 Å². The van der Waals surface area contributed by atoms with Crippen LogP contribution in [-0.2, 0) is 17.6 Å². The summed E-state index contributed by atoms with van der Waals surface area (Å²) < 4.78 is 11.3. The van der Waals surface area contributed by atoms with Crippen molar-refractivity contribution in [1.82, 2.24) is 0 Å². The number of hydrogen-bond acceptors (Lipinski definition) is 4. The van der Waals surface area contributed by atoms with Crippen molar-refractivity contribution in [3.8, 4) is 11.5 Å². The van der Waals surface area contributed by atoms with E-state index in [1.54, 1.807) is 0 Å². The maximum absolute atomic E-state index is 10.4. The summed E-state index contributed by atoms with van der Waals surface area (Å²) >= 11 is 0. The van der Waals surface area contributed by atoms with Crippen LogP contribution in [-0.4, -0.2) is 29.0 Å². The summed E-state index contributed by atoms with van der Waals surface area (Å²) in [6, 6.07) is 1.87. The van der Waals surface area contributed by atoms with Gasteiger partial charge in [-0.2, -0.15) is 0 Å². The van der Waals surface area contributed by atoms with E-state index < -0.39 is 6.10 Å². The van der Waals surface area contributed by atoms with Crippen molar-refractivity contribution in [3.63, 3.8) is 0 Å². The first-order valence-corrected chi connectivity index (χ1v) is 6.92. The maximum Gasteiger partial charge on any atom is 0.158 e. The molecule has 0 aliphatic carbocycles. The Kier molecular flexibility index (Phi) is 2.95. The first-order valence-electron chi connectivity index (χ1n) is 6.92. The van der Waals surface area contributed by atoms with Crippen molar-refractivity contribution in [2.75, 3.05) is 13.2 Å². The van der Waals surface area contributed by atoms with Crippen LogP contribution in [0.5, 0.6) is 11.5 Å². The maximum atomic E-state index is 10.4. The molecule has 4 nitrogen and oxygen atoms in total. The first kappa shape index (κ1) is 12.8. The van der Waals surface area contributed by atoms with Gasteiger partial charge in [0.2, 0.25) is 0 Å². The van der Waals surface area contributed by atoms with Gasteiger partial charge in [0.05, 0.1) is 19.3 Å². The highest BCUT2D eigenvalue weighted by Gasteiger charge is 2.47. The molecule has 1 fully saturated rings. The molecular weight excluding hydrogens is 244 g/mol. The average Bonchev–Trinajstić information content (AvgIpc) is 2.36. The van der Waals surface area contributed by atoms with Crippen LogP contribution in [0.25, 0.3) is 0 Å². The van der Waals surface area contributed by atoms with Gasteiger partial charge in [0, 0.05) is 17.5 Å². The summed E-state index contributed by atoms with van der Waals surface area (Å²) in [7, 11) is 0. The van der Waals surface area contributed by atoms with Crippen molar-refractivity contribution >= 4 is 0 Å². The fourth-order valence-corrected chi connectivity index (χ4v) is 3.09. The van der Waals surface area contributed by atoms with E-state index in [0.717, 1.165) is 23.1 Å². The second-order valence-electron chi connectivity index (χ2n) is 5.48. The van der Waals surface area contributed by atoms with Gasteiger partial charge in [-0.05, 0) is 24.5 Å². The molecule has 1 aromatic rings. The number of phenolic OH excluding ortho intramolecular Hbond substituents is 1. The molecule has 104 valence electrons. The molecule has 2 heterocycles. The molecule has 2 aliphatic heterocycles. The summed E-state index contributed by atoms with van der Waals surface area (Å²) in [5, 5.41) is 20.7. The molecule has 4 heteroatoms. The van der Waals surface area contributed by atoms with Crippen LogP contribution >= 0.6 is 0 Å². The fraction of sp³-hybridized carbons (Fsp3) is 0.600. The van der Waals surface area contributed by atoms with E-state index in [4.69, 9.17) is 9.47 Å². The van der Waals surface area contributed by atoms with Gasteiger partial charge in [-0.3, -0.25) is 0 Å². The van der Waals surface area contributed by atoms with E-state index in [-0.39, 0.29) is 5.60 Å². The number of aliphatic hydroxyl groups excluding tert-OH is 1. The largest absolute Gasteiger partial charge is 0.507 e. The Balaban J connectivity index is 2.12. The molecule has 2 N–H and O–H groups in total. The Hall–Kier alpha value is -1.26. The summed E-state index contributed by atoms with van der Waals surface area (Å²) in [6.07, 6.45) is 1.39. The minimum absolute atomic E-state index is 0.312.